The van der Waals surface area contributed by atoms with Gasteiger partial charge in [0, 0.05) is 30.3 Å². The largest absolute Gasteiger partial charge is 0.369 e. The number of fused-ring (bicyclic) bond motifs is 1. The summed E-state index contributed by atoms with van der Waals surface area (Å²) in [6, 6.07) is 10.3. The highest BCUT2D eigenvalue weighted by molar-refractivity contribution is 6.32. The molecule has 0 N–H and O–H groups in total. The molecule has 2 aliphatic rings. The number of nitrogens with zero attached hydrogens (tertiary/aromatic N) is 5. The molecule has 0 amide bonds. The van der Waals surface area contributed by atoms with E-state index in [1.54, 1.807) is 6.07 Å². The first-order chi connectivity index (χ1) is 15.0. The van der Waals surface area contributed by atoms with E-state index in [2.05, 4.69) is 39.9 Å². The summed E-state index contributed by atoms with van der Waals surface area (Å²) >= 11 is 0. The van der Waals surface area contributed by atoms with E-state index in [4.69, 9.17) is 4.98 Å². The third-order valence-electron chi connectivity index (χ3n) is 6.05. The summed E-state index contributed by atoms with van der Waals surface area (Å²) in [5, 5.41) is 0. The molecule has 1 fully saturated rings. The van der Waals surface area contributed by atoms with Gasteiger partial charge < -0.3 is 9.80 Å². The lowest BCUT2D eigenvalue weighted by molar-refractivity contribution is 0.315. The zero-order valence-corrected chi connectivity index (χ0v) is 17.5. The fourth-order valence-electron chi connectivity index (χ4n) is 4.24. The van der Waals surface area contributed by atoms with Gasteiger partial charge >= 0.3 is 0 Å². The van der Waals surface area contributed by atoms with Crippen molar-refractivity contribution < 1.29 is 8.78 Å². The summed E-state index contributed by atoms with van der Waals surface area (Å²) in [6.45, 7) is 2.45. The zero-order chi connectivity index (χ0) is 21.5. The molecule has 7 heteroatoms. The van der Waals surface area contributed by atoms with Crippen LogP contribution in [0.15, 0.2) is 53.7 Å². The SMILES string of the molecule is CN(C)[C@H]1CCN(c2cnc3ccc(C4=CCN=C4c4ccc(F)c(F)c4)nc3c2)C1. The molecule has 31 heavy (non-hydrogen) atoms. The van der Waals surface area contributed by atoms with Gasteiger partial charge in [0.15, 0.2) is 11.6 Å². The first-order valence-corrected chi connectivity index (χ1v) is 10.4. The van der Waals surface area contributed by atoms with Crippen molar-refractivity contribution in [1.82, 2.24) is 14.9 Å². The van der Waals surface area contributed by atoms with Crippen molar-refractivity contribution in [2.75, 3.05) is 38.6 Å². The van der Waals surface area contributed by atoms with Crippen LogP contribution in [0.3, 0.4) is 0 Å². The summed E-state index contributed by atoms with van der Waals surface area (Å²) in [6.07, 6.45) is 4.99. The number of hydrogen-bond acceptors (Lipinski definition) is 5. The summed E-state index contributed by atoms with van der Waals surface area (Å²) in [7, 11) is 4.23. The van der Waals surface area contributed by atoms with Crippen LogP contribution < -0.4 is 4.90 Å². The lowest BCUT2D eigenvalue weighted by Crippen LogP contribution is -2.31. The first-order valence-electron chi connectivity index (χ1n) is 10.4. The lowest BCUT2D eigenvalue weighted by atomic mass is 10.00. The Labute approximate surface area is 179 Å². The van der Waals surface area contributed by atoms with E-state index in [1.165, 1.54) is 6.07 Å². The fourth-order valence-corrected chi connectivity index (χ4v) is 4.24. The molecule has 2 aromatic heterocycles. The molecule has 0 aliphatic carbocycles. The van der Waals surface area contributed by atoms with Gasteiger partial charge in [-0.2, -0.15) is 0 Å². The smallest absolute Gasteiger partial charge is 0.159 e. The molecule has 0 bridgehead atoms. The molecular formula is C24H23F2N5. The zero-order valence-electron chi connectivity index (χ0n) is 17.5. The monoisotopic (exact) mass is 419 g/mol. The third kappa shape index (κ3) is 3.70. The molecule has 1 atom stereocenters. The van der Waals surface area contributed by atoms with Crippen LogP contribution >= 0.6 is 0 Å². The molecule has 0 spiro atoms. The van der Waals surface area contributed by atoms with Crippen LogP contribution in [0.2, 0.25) is 0 Å². The molecule has 1 saturated heterocycles. The van der Waals surface area contributed by atoms with Gasteiger partial charge in [-0.1, -0.05) is 6.08 Å². The minimum Gasteiger partial charge on any atom is -0.369 e. The number of aliphatic imine (C=N–C) groups is 1. The topological polar surface area (TPSA) is 44.6 Å². The van der Waals surface area contributed by atoms with E-state index in [-0.39, 0.29) is 0 Å². The van der Waals surface area contributed by atoms with Crippen molar-refractivity contribution in [3.63, 3.8) is 0 Å². The quantitative estimate of drug-likeness (QED) is 0.643. The Morgan fingerprint density at radius 1 is 1.03 bits per heavy atom. The Balaban J connectivity index is 1.46. The summed E-state index contributed by atoms with van der Waals surface area (Å²) in [4.78, 5) is 18.5. The number of aromatic nitrogens is 2. The highest BCUT2D eigenvalue weighted by Crippen LogP contribution is 2.28. The number of rotatable bonds is 4. The molecule has 0 saturated carbocycles. The molecule has 0 unspecified atom stereocenters. The first kappa shape index (κ1) is 19.8. The van der Waals surface area contributed by atoms with Gasteiger partial charge in [0.1, 0.15) is 0 Å². The molecule has 3 aromatic rings. The van der Waals surface area contributed by atoms with E-state index < -0.39 is 11.6 Å². The van der Waals surface area contributed by atoms with E-state index in [0.29, 0.717) is 23.9 Å². The highest BCUT2D eigenvalue weighted by atomic mass is 19.2. The van der Waals surface area contributed by atoms with Gasteiger partial charge in [0.2, 0.25) is 0 Å². The average molecular weight is 419 g/mol. The minimum atomic E-state index is -0.881. The molecule has 5 nitrogen and oxygen atoms in total. The summed E-state index contributed by atoms with van der Waals surface area (Å²) in [5.41, 5.74) is 5.44. The molecule has 4 heterocycles. The van der Waals surface area contributed by atoms with E-state index in [1.807, 2.05) is 24.4 Å². The van der Waals surface area contributed by atoms with Gasteiger partial charge in [-0.3, -0.25) is 9.98 Å². The van der Waals surface area contributed by atoms with Crippen LogP contribution in [0.4, 0.5) is 14.5 Å². The fraction of sp³-hybridized carbons (Fsp3) is 0.292. The van der Waals surface area contributed by atoms with Crippen LogP contribution in [0.5, 0.6) is 0 Å². The number of hydrogen-bond donors (Lipinski definition) is 0. The number of halogens is 2. The Morgan fingerprint density at radius 2 is 1.90 bits per heavy atom. The van der Waals surface area contributed by atoms with Gasteiger partial charge in [0.25, 0.3) is 0 Å². The van der Waals surface area contributed by atoms with Crippen molar-refractivity contribution in [2.24, 2.45) is 4.99 Å². The number of likely N-dealkylation sites (N-methyl/N-ethyl adjacent to an activating group) is 1. The van der Waals surface area contributed by atoms with Crippen LogP contribution in [-0.4, -0.2) is 60.4 Å². The molecular weight excluding hydrogens is 396 g/mol. The minimum absolute atomic E-state index is 0.487. The molecule has 5 rings (SSSR count). The maximum atomic E-state index is 13.8. The van der Waals surface area contributed by atoms with Crippen molar-refractivity contribution in [2.45, 2.75) is 12.5 Å². The molecule has 2 aliphatic heterocycles. The van der Waals surface area contributed by atoms with Crippen LogP contribution in [0.25, 0.3) is 16.6 Å². The summed E-state index contributed by atoms with van der Waals surface area (Å²) in [5.74, 6) is -1.75. The van der Waals surface area contributed by atoms with Gasteiger partial charge in [-0.25, -0.2) is 13.8 Å². The third-order valence-corrected chi connectivity index (χ3v) is 6.05. The van der Waals surface area contributed by atoms with Crippen molar-refractivity contribution >= 4 is 28.0 Å². The van der Waals surface area contributed by atoms with Gasteiger partial charge in [-0.15, -0.1) is 0 Å². The number of benzene rings is 1. The molecule has 158 valence electrons. The normalized spacial score (nSPS) is 18.7. The van der Waals surface area contributed by atoms with Gasteiger partial charge in [0.05, 0.1) is 40.9 Å². The maximum Gasteiger partial charge on any atom is 0.159 e. The second-order valence-electron chi connectivity index (χ2n) is 8.22. The van der Waals surface area contributed by atoms with Crippen LogP contribution in [-0.2, 0) is 0 Å². The van der Waals surface area contributed by atoms with Crippen molar-refractivity contribution in [3.8, 4) is 0 Å². The predicted molar refractivity (Wildman–Crippen MR) is 120 cm³/mol. The number of allylic oxidation sites excluding steroid dienone is 1. The van der Waals surface area contributed by atoms with Crippen LogP contribution in [0.1, 0.15) is 17.7 Å². The van der Waals surface area contributed by atoms with E-state index in [0.717, 1.165) is 53.6 Å². The predicted octanol–water partition coefficient (Wildman–Crippen LogP) is 3.93. The van der Waals surface area contributed by atoms with E-state index in [9.17, 15) is 8.78 Å². The molecule has 0 radical (unpaired) electrons. The molecule has 1 aromatic carbocycles. The second-order valence-corrected chi connectivity index (χ2v) is 8.22. The highest BCUT2D eigenvalue weighted by Gasteiger charge is 2.25. The Bertz CT molecular complexity index is 1220. The maximum absolute atomic E-state index is 13.8. The number of pyridine rings is 2. The standard InChI is InChI=1S/C24H23F2N5/c1-30(2)16-8-10-31(14-16)17-12-23-22(28-13-17)6-5-21(29-23)18-7-9-27-24(18)15-3-4-19(25)20(26)11-15/h3-7,11-13,16H,8-10,14H2,1-2H3/t16-/m0/s1. The second kappa shape index (κ2) is 7.81. The Morgan fingerprint density at radius 3 is 2.68 bits per heavy atom. The Kier molecular flexibility index (Phi) is 4.98. The lowest BCUT2D eigenvalue weighted by Gasteiger charge is -2.21. The van der Waals surface area contributed by atoms with Crippen LogP contribution in [0, 0.1) is 11.6 Å². The van der Waals surface area contributed by atoms with Crippen molar-refractivity contribution in [3.05, 3.63) is 71.6 Å². The Hall–Kier alpha value is -3.19. The number of anilines is 1. The average Bonchev–Trinajstić information content (AvgIpc) is 3.45. The summed E-state index contributed by atoms with van der Waals surface area (Å²) < 4.78 is 27.1. The van der Waals surface area contributed by atoms with Gasteiger partial charge in [-0.05, 0) is 56.9 Å². The van der Waals surface area contributed by atoms with Crippen molar-refractivity contribution in [1.29, 1.82) is 0 Å². The van der Waals surface area contributed by atoms with E-state index >= 15 is 0 Å².